The van der Waals surface area contributed by atoms with Crippen LogP contribution in [0.5, 0.6) is 0 Å². The van der Waals surface area contributed by atoms with Gasteiger partial charge in [-0.1, -0.05) is 0 Å². The summed E-state index contributed by atoms with van der Waals surface area (Å²) in [5.41, 5.74) is 0.634. The highest BCUT2D eigenvalue weighted by molar-refractivity contribution is 5.93. The van der Waals surface area contributed by atoms with Gasteiger partial charge < -0.3 is 4.90 Å². The standard InChI is InChI=1S/C12H18N4O/c1-12(2)9-16(7-6-15(12)3)11(17)10-4-5-13-14-8-10/h4-5,8H,6-7,9H2,1-3H3. The number of hydrogen-bond donors (Lipinski definition) is 0. The number of carbonyl (C=O) groups is 1. The number of rotatable bonds is 1. The van der Waals surface area contributed by atoms with Crippen LogP contribution in [0, 0.1) is 0 Å². The maximum absolute atomic E-state index is 12.2. The molecule has 5 heteroatoms. The molecule has 0 atom stereocenters. The van der Waals surface area contributed by atoms with Crippen molar-refractivity contribution in [2.24, 2.45) is 0 Å². The van der Waals surface area contributed by atoms with Gasteiger partial charge >= 0.3 is 0 Å². The van der Waals surface area contributed by atoms with Crippen LogP contribution in [-0.2, 0) is 0 Å². The minimum Gasteiger partial charge on any atom is -0.335 e. The maximum atomic E-state index is 12.2. The Morgan fingerprint density at radius 1 is 1.35 bits per heavy atom. The van der Waals surface area contributed by atoms with Crippen molar-refractivity contribution in [3.05, 3.63) is 24.0 Å². The van der Waals surface area contributed by atoms with E-state index in [-0.39, 0.29) is 11.4 Å². The highest BCUT2D eigenvalue weighted by Gasteiger charge is 2.33. The molecule has 5 nitrogen and oxygen atoms in total. The fourth-order valence-electron chi connectivity index (χ4n) is 2.01. The molecule has 0 N–H and O–H groups in total. The zero-order valence-corrected chi connectivity index (χ0v) is 10.6. The summed E-state index contributed by atoms with van der Waals surface area (Å²) in [6.07, 6.45) is 3.07. The molecule has 0 bridgehead atoms. The van der Waals surface area contributed by atoms with E-state index in [1.54, 1.807) is 12.3 Å². The van der Waals surface area contributed by atoms with Gasteiger partial charge in [-0.25, -0.2) is 0 Å². The fourth-order valence-corrected chi connectivity index (χ4v) is 2.01. The molecule has 92 valence electrons. The van der Waals surface area contributed by atoms with Crippen molar-refractivity contribution in [2.45, 2.75) is 19.4 Å². The van der Waals surface area contributed by atoms with Crippen molar-refractivity contribution < 1.29 is 4.79 Å². The highest BCUT2D eigenvalue weighted by atomic mass is 16.2. The predicted octanol–water partition coefficient (Wildman–Crippen LogP) is 0.643. The Hall–Kier alpha value is -1.49. The Bertz CT molecular complexity index is 404. The lowest BCUT2D eigenvalue weighted by atomic mass is 9.99. The van der Waals surface area contributed by atoms with E-state index in [0.717, 1.165) is 19.6 Å². The number of likely N-dealkylation sites (N-methyl/N-ethyl adjacent to an activating group) is 1. The second kappa shape index (κ2) is 4.41. The van der Waals surface area contributed by atoms with Crippen molar-refractivity contribution in [3.63, 3.8) is 0 Å². The molecule has 0 unspecified atom stereocenters. The lowest BCUT2D eigenvalue weighted by Gasteiger charge is -2.45. The van der Waals surface area contributed by atoms with Crippen LogP contribution < -0.4 is 0 Å². The molecule has 17 heavy (non-hydrogen) atoms. The molecule has 1 aliphatic rings. The molecule has 0 spiro atoms. The Morgan fingerprint density at radius 2 is 2.12 bits per heavy atom. The van der Waals surface area contributed by atoms with Crippen molar-refractivity contribution in [1.82, 2.24) is 20.0 Å². The number of aromatic nitrogens is 2. The van der Waals surface area contributed by atoms with Crippen LogP contribution in [0.15, 0.2) is 18.5 Å². The van der Waals surface area contributed by atoms with E-state index < -0.39 is 0 Å². The number of carbonyl (C=O) groups excluding carboxylic acids is 1. The molecule has 1 fully saturated rings. The molecule has 0 saturated carbocycles. The van der Waals surface area contributed by atoms with Crippen molar-refractivity contribution in [1.29, 1.82) is 0 Å². The minimum atomic E-state index is 0.0222. The van der Waals surface area contributed by atoms with Gasteiger partial charge in [0.05, 0.1) is 18.0 Å². The predicted molar refractivity (Wildman–Crippen MR) is 64.6 cm³/mol. The molecular weight excluding hydrogens is 216 g/mol. The first-order chi connectivity index (χ1) is 8.00. The molecule has 2 rings (SSSR count). The Morgan fingerprint density at radius 3 is 2.71 bits per heavy atom. The van der Waals surface area contributed by atoms with Gasteiger partial charge in [-0.05, 0) is 27.0 Å². The lowest BCUT2D eigenvalue weighted by molar-refractivity contribution is 0.0311. The molecule has 1 saturated heterocycles. The zero-order valence-electron chi connectivity index (χ0n) is 10.6. The van der Waals surface area contributed by atoms with Crippen LogP contribution >= 0.6 is 0 Å². The molecule has 0 radical (unpaired) electrons. The summed E-state index contributed by atoms with van der Waals surface area (Å²) in [6, 6.07) is 1.71. The number of nitrogens with zero attached hydrogens (tertiary/aromatic N) is 4. The zero-order chi connectivity index (χ0) is 12.5. The normalized spacial score (nSPS) is 20.3. The van der Waals surface area contributed by atoms with Crippen molar-refractivity contribution >= 4 is 5.91 Å². The van der Waals surface area contributed by atoms with E-state index in [4.69, 9.17) is 0 Å². The van der Waals surface area contributed by atoms with Gasteiger partial charge in [0.2, 0.25) is 0 Å². The summed E-state index contributed by atoms with van der Waals surface area (Å²) >= 11 is 0. The molecule has 2 heterocycles. The summed E-state index contributed by atoms with van der Waals surface area (Å²) < 4.78 is 0. The molecule has 0 aliphatic carbocycles. The van der Waals surface area contributed by atoms with Crippen molar-refractivity contribution in [3.8, 4) is 0 Å². The van der Waals surface area contributed by atoms with Crippen LogP contribution in [0.4, 0.5) is 0 Å². The summed E-state index contributed by atoms with van der Waals surface area (Å²) in [6.45, 7) is 6.71. The first-order valence-electron chi connectivity index (χ1n) is 5.78. The van der Waals surface area contributed by atoms with E-state index in [9.17, 15) is 4.79 Å². The molecule has 0 aromatic carbocycles. The second-order valence-electron chi connectivity index (χ2n) is 5.09. The third-order valence-corrected chi connectivity index (χ3v) is 3.43. The van der Waals surface area contributed by atoms with Gasteiger partial charge in [0.1, 0.15) is 0 Å². The highest BCUT2D eigenvalue weighted by Crippen LogP contribution is 2.20. The number of piperazine rings is 1. The Labute approximate surface area is 101 Å². The van der Waals surface area contributed by atoms with Gasteiger partial charge in [-0.2, -0.15) is 10.2 Å². The van der Waals surface area contributed by atoms with E-state index in [1.807, 2.05) is 4.90 Å². The minimum absolute atomic E-state index is 0.0222. The molecule has 1 aromatic rings. The average molecular weight is 234 g/mol. The van der Waals surface area contributed by atoms with E-state index in [2.05, 4.69) is 36.0 Å². The van der Waals surface area contributed by atoms with Crippen LogP contribution in [0.1, 0.15) is 24.2 Å². The van der Waals surface area contributed by atoms with Gasteiger partial charge in [0.15, 0.2) is 0 Å². The maximum Gasteiger partial charge on any atom is 0.255 e. The summed E-state index contributed by atoms with van der Waals surface area (Å²) in [5, 5.41) is 7.43. The Kier molecular flexibility index (Phi) is 3.11. The average Bonchev–Trinajstić information content (AvgIpc) is 2.33. The largest absolute Gasteiger partial charge is 0.335 e. The topological polar surface area (TPSA) is 49.3 Å². The molecule has 1 aliphatic heterocycles. The van der Waals surface area contributed by atoms with Gasteiger partial charge in [0, 0.05) is 25.2 Å². The first-order valence-corrected chi connectivity index (χ1v) is 5.78. The lowest BCUT2D eigenvalue weighted by Crippen LogP contribution is -2.58. The van der Waals surface area contributed by atoms with Crippen LogP contribution in [0.25, 0.3) is 0 Å². The SMILES string of the molecule is CN1CCN(C(=O)c2ccnnc2)CC1(C)C. The van der Waals surface area contributed by atoms with Gasteiger partial charge in [0.25, 0.3) is 5.91 Å². The third kappa shape index (κ3) is 2.44. The first kappa shape index (κ1) is 12.0. The van der Waals surface area contributed by atoms with E-state index in [1.165, 1.54) is 6.20 Å². The number of hydrogen-bond acceptors (Lipinski definition) is 4. The molecule has 1 amide bonds. The second-order valence-corrected chi connectivity index (χ2v) is 5.09. The van der Waals surface area contributed by atoms with Crippen LogP contribution in [0.3, 0.4) is 0 Å². The Balaban J connectivity index is 2.12. The van der Waals surface area contributed by atoms with Crippen molar-refractivity contribution in [2.75, 3.05) is 26.7 Å². The molecule has 1 aromatic heterocycles. The van der Waals surface area contributed by atoms with Crippen LogP contribution in [0.2, 0.25) is 0 Å². The monoisotopic (exact) mass is 234 g/mol. The summed E-state index contributed by atoms with van der Waals surface area (Å²) in [4.78, 5) is 16.4. The van der Waals surface area contributed by atoms with E-state index in [0.29, 0.717) is 5.56 Å². The fraction of sp³-hybridized carbons (Fsp3) is 0.583. The van der Waals surface area contributed by atoms with Crippen LogP contribution in [-0.4, -0.2) is 58.1 Å². The van der Waals surface area contributed by atoms with E-state index >= 15 is 0 Å². The smallest absolute Gasteiger partial charge is 0.255 e. The van der Waals surface area contributed by atoms with Gasteiger partial charge in [-0.3, -0.25) is 9.69 Å². The summed E-state index contributed by atoms with van der Waals surface area (Å²) in [5.74, 6) is 0.0427. The summed E-state index contributed by atoms with van der Waals surface area (Å²) in [7, 11) is 2.09. The third-order valence-electron chi connectivity index (χ3n) is 3.43. The molecular formula is C12H18N4O. The quantitative estimate of drug-likeness (QED) is 0.715. The van der Waals surface area contributed by atoms with Gasteiger partial charge in [-0.15, -0.1) is 0 Å². The number of amides is 1.